The molecule has 0 spiro atoms. The smallest absolute Gasteiger partial charge is 0.229 e. The van der Waals surface area contributed by atoms with Gasteiger partial charge in [-0.3, -0.25) is 9.59 Å². The number of carbonyl (C=O) groups excluding carboxylic acids is 2. The first kappa shape index (κ1) is 17.2. The number of benzene rings is 2. The Balaban J connectivity index is 1.66. The van der Waals surface area contributed by atoms with Gasteiger partial charge in [-0.05, 0) is 11.6 Å². The summed E-state index contributed by atoms with van der Waals surface area (Å²) in [4.78, 5) is 26.1. The molecule has 0 aromatic heterocycles. The van der Waals surface area contributed by atoms with Crippen LogP contribution in [0.3, 0.4) is 0 Å². The van der Waals surface area contributed by atoms with E-state index in [2.05, 4.69) is 5.32 Å². The van der Waals surface area contributed by atoms with Gasteiger partial charge in [-0.1, -0.05) is 41.9 Å². The summed E-state index contributed by atoms with van der Waals surface area (Å²) in [5.74, 6) is -2.33. The predicted octanol–water partition coefficient (Wildman–Crippen LogP) is 3.17. The van der Waals surface area contributed by atoms with Crippen molar-refractivity contribution < 1.29 is 19.1 Å². The standard InChI is InChI=1S/C18H16ClFN2O3/c19-13-7-15(14(20)8-16(13)23)21-18(25)12-6-17(24)22(10-12)9-11-4-2-1-3-5-11/h1-5,7-8,12,23H,6,9-10H2,(H,21,25). The Morgan fingerprint density at radius 1 is 1.32 bits per heavy atom. The second-order valence-corrected chi connectivity index (χ2v) is 6.34. The van der Waals surface area contributed by atoms with E-state index < -0.39 is 23.4 Å². The van der Waals surface area contributed by atoms with E-state index in [1.165, 1.54) is 0 Å². The van der Waals surface area contributed by atoms with Crippen molar-refractivity contribution in [1.82, 2.24) is 4.90 Å². The Morgan fingerprint density at radius 3 is 2.76 bits per heavy atom. The Labute approximate surface area is 149 Å². The molecule has 3 rings (SSSR count). The molecular formula is C18H16ClFN2O3. The van der Waals surface area contributed by atoms with Crippen molar-refractivity contribution in [3.63, 3.8) is 0 Å². The number of likely N-dealkylation sites (tertiary alicyclic amines) is 1. The zero-order chi connectivity index (χ0) is 18.0. The van der Waals surface area contributed by atoms with Crippen LogP contribution in [-0.2, 0) is 16.1 Å². The van der Waals surface area contributed by atoms with E-state index in [9.17, 15) is 19.1 Å². The van der Waals surface area contributed by atoms with Crippen LogP contribution in [0.2, 0.25) is 5.02 Å². The summed E-state index contributed by atoms with van der Waals surface area (Å²) in [6, 6.07) is 11.5. The number of amides is 2. The number of anilines is 1. The van der Waals surface area contributed by atoms with Gasteiger partial charge < -0.3 is 15.3 Å². The third kappa shape index (κ3) is 3.91. The van der Waals surface area contributed by atoms with E-state index in [0.717, 1.165) is 17.7 Å². The number of rotatable bonds is 4. The summed E-state index contributed by atoms with van der Waals surface area (Å²) in [5, 5.41) is 11.7. The molecule has 1 aliphatic heterocycles. The molecule has 2 aromatic rings. The largest absolute Gasteiger partial charge is 0.506 e. The number of hydrogen-bond donors (Lipinski definition) is 2. The van der Waals surface area contributed by atoms with Crippen molar-refractivity contribution in [2.24, 2.45) is 5.92 Å². The summed E-state index contributed by atoms with van der Waals surface area (Å²) in [5.41, 5.74) is 0.857. The van der Waals surface area contributed by atoms with Crippen molar-refractivity contribution in [3.8, 4) is 5.75 Å². The first-order valence-electron chi connectivity index (χ1n) is 7.74. The van der Waals surface area contributed by atoms with Crippen LogP contribution in [0.15, 0.2) is 42.5 Å². The number of halogens is 2. The van der Waals surface area contributed by atoms with Crippen molar-refractivity contribution >= 4 is 29.1 Å². The number of carbonyl (C=O) groups is 2. The van der Waals surface area contributed by atoms with Crippen LogP contribution in [0.4, 0.5) is 10.1 Å². The number of aromatic hydroxyl groups is 1. The Kier molecular flexibility index (Phi) is 4.90. The fourth-order valence-corrected chi connectivity index (χ4v) is 2.94. The van der Waals surface area contributed by atoms with Gasteiger partial charge in [-0.25, -0.2) is 4.39 Å². The lowest BCUT2D eigenvalue weighted by molar-refractivity contribution is -0.128. The van der Waals surface area contributed by atoms with Crippen LogP contribution < -0.4 is 5.32 Å². The van der Waals surface area contributed by atoms with E-state index in [-0.39, 0.29) is 29.6 Å². The molecule has 25 heavy (non-hydrogen) atoms. The van der Waals surface area contributed by atoms with Crippen LogP contribution in [0.5, 0.6) is 5.75 Å². The van der Waals surface area contributed by atoms with Gasteiger partial charge in [0, 0.05) is 25.6 Å². The van der Waals surface area contributed by atoms with Gasteiger partial charge in [0.05, 0.1) is 16.6 Å². The van der Waals surface area contributed by atoms with Gasteiger partial charge in [-0.2, -0.15) is 0 Å². The molecule has 130 valence electrons. The molecule has 2 amide bonds. The lowest BCUT2D eigenvalue weighted by Gasteiger charge is -2.17. The third-order valence-corrected chi connectivity index (χ3v) is 4.40. The van der Waals surface area contributed by atoms with Crippen molar-refractivity contribution in [3.05, 3.63) is 58.9 Å². The predicted molar refractivity (Wildman–Crippen MR) is 91.7 cm³/mol. The highest BCUT2D eigenvalue weighted by Gasteiger charge is 2.34. The SMILES string of the molecule is O=C(Nc1cc(Cl)c(O)cc1F)C1CC(=O)N(Cc2ccccc2)C1. The topological polar surface area (TPSA) is 69.6 Å². The molecule has 0 saturated carbocycles. The van der Waals surface area contributed by atoms with Crippen LogP contribution in [-0.4, -0.2) is 28.4 Å². The molecule has 7 heteroatoms. The van der Waals surface area contributed by atoms with Crippen molar-refractivity contribution in [1.29, 1.82) is 0 Å². The molecule has 5 nitrogen and oxygen atoms in total. The molecule has 1 heterocycles. The lowest BCUT2D eigenvalue weighted by Crippen LogP contribution is -2.28. The summed E-state index contributed by atoms with van der Waals surface area (Å²) in [7, 11) is 0. The van der Waals surface area contributed by atoms with Crippen LogP contribution in [0.1, 0.15) is 12.0 Å². The maximum atomic E-state index is 13.8. The Bertz CT molecular complexity index is 813. The number of phenols is 1. The number of hydrogen-bond acceptors (Lipinski definition) is 3. The molecule has 2 aromatic carbocycles. The van der Waals surface area contributed by atoms with Crippen LogP contribution in [0.25, 0.3) is 0 Å². The highest BCUT2D eigenvalue weighted by molar-refractivity contribution is 6.32. The molecule has 0 bridgehead atoms. The molecular weight excluding hydrogens is 347 g/mol. The average molecular weight is 363 g/mol. The van der Waals surface area contributed by atoms with E-state index in [0.29, 0.717) is 6.54 Å². The highest BCUT2D eigenvalue weighted by Crippen LogP contribution is 2.30. The first-order chi connectivity index (χ1) is 11.9. The van der Waals surface area contributed by atoms with Gasteiger partial charge in [0.1, 0.15) is 11.6 Å². The van der Waals surface area contributed by atoms with E-state index >= 15 is 0 Å². The van der Waals surface area contributed by atoms with Gasteiger partial charge in [-0.15, -0.1) is 0 Å². The zero-order valence-corrected chi connectivity index (χ0v) is 14.0. The maximum absolute atomic E-state index is 13.8. The molecule has 1 aliphatic rings. The normalized spacial score (nSPS) is 17.0. The van der Waals surface area contributed by atoms with Crippen molar-refractivity contribution in [2.45, 2.75) is 13.0 Å². The van der Waals surface area contributed by atoms with E-state index in [1.807, 2.05) is 30.3 Å². The molecule has 2 N–H and O–H groups in total. The monoisotopic (exact) mass is 362 g/mol. The first-order valence-corrected chi connectivity index (χ1v) is 8.12. The Morgan fingerprint density at radius 2 is 2.04 bits per heavy atom. The molecule has 0 aliphatic carbocycles. The third-order valence-electron chi connectivity index (χ3n) is 4.10. The van der Waals surface area contributed by atoms with Gasteiger partial charge >= 0.3 is 0 Å². The number of phenolic OH excluding ortho intramolecular Hbond substituents is 1. The number of nitrogens with one attached hydrogen (secondary N) is 1. The summed E-state index contributed by atoms with van der Waals surface area (Å²) < 4.78 is 13.8. The maximum Gasteiger partial charge on any atom is 0.229 e. The van der Waals surface area contributed by atoms with E-state index in [1.54, 1.807) is 4.90 Å². The summed E-state index contributed by atoms with van der Waals surface area (Å²) in [6.45, 7) is 0.704. The molecule has 0 radical (unpaired) electrons. The van der Waals surface area contributed by atoms with Gasteiger partial charge in [0.15, 0.2) is 0 Å². The number of nitrogens with zero attached hydrogens (tertiary/aromatic N) is 1. The minimum absolute atomic E-state index is 0.0649. The molecule has 1 atom stereocenters. The zero-order valence-electron chi connectivity index (χ0n) is 13.2. The van der Waals surface area contributed by atoms with Crippen LogP contribution >= 0.6 is 11.6 Å². The summed E-state index contributed by atoms with van der Waals surface area (Å²) in [6.07, 6.45) is 0.0755. The molecule has 1 saturated heterocycles. The molecule has 1 unspecified atom stereocenters. The van der Waals surface area contributed by atoms with Gasteiger partial charge in [0.25, 0.3) is 0 Å². The Hall–Kier alpha value is -2.60. The average Bonchev–Trinajstić information content (AvgIpc) is 2.94. The lowest BCUT2D eigenvalue weighted by atomic mass is 10.1. The molecule has 1 fully saturated rings. The van der Waals surface area contributed by atoms with Crippen molar-refractivity contribution in [2.75, 3.05) is 11.9 Å². The quantitative estimate of drug-likeness (QED) is 0.821. The second kappa shape index (κ2) is 7.11. The minimum Gasteiger partial charge on any atom is -0.506 e. The summed E-state index contributed by atoms with van der Waals surface area (Å²) >= 11 is 5.74. The van der Waals surface area contributed by atoms with E-state index in [4.69, 9.17) is 11.6 Å². The highest BCUT2D eigenvalue weighted by atomic mass is 35.5. The fraction of sp³-hybridized carbons (Fsp3) is 0.222. The minimum atomic E-state index is -0.791. The van der Waals surface area contributed by atoms with Crippen LogP contribution in [0, 0.1) is 11.7 Å². The van der Waals surface area contributed by atoms with Gasteiger partial charge in [0.2, 0.25) is 11.8 Å². The fourth-order valence-electron chi connectivity index (χ4n) is 2.77. The second-order valence-electron chi connectivity index (χ2n) is 5.93.